The maximum atomic E-state index is 11.2. The smallest absolute Gasteiger partial charge is 0.481 e. The van der Waals surface area contributed by atoms with E-state index < -0.39 is 18.1 Å². The van der Waals surface area contributed by atoms with E-state index in [1.54, 1.807) is 0 Å². The molecule has 2 bridgehead atoms. The molecule has 158 valence electrons. The first-order chi connectivity index (χ1) is 12.2. The molecule has 8 heteroatoms. The van der Waals surface area contributed by atoms with E-state index >= 15 is 0 Å². The number of carbonyl (C=O) groups is 2. The number of rotatable bonds is 9. The molecular weight excluding hydrogens is 363 g/mol. The topological polar surface area (TPSA) is 77.8 Å². The van der Waals surface area contributed by atoms with Gasteiger partial charge in [-0.1, -0.05) is 27.7 Å². The number of nitrogens with zero attached hydrogens (tertiary/aromatic N) is 1. The quantitative estimate of drug-likeness (QED) is 0.610. The van der Waals surface area contributed by atoms with E-state index in [9.17, 15) is 23.1 Å². The van der Waals surface area contributed by atoms with Crippen LogP contribution < -0.4 is 0 Å². The SMILES string of the molecule is CC(C)CCN(CCC(C)C)CC12CC(C(=O)O)(C1)C2.O=C(O)C(F)(F)F. The van der Waals surface area contributed by atoms with Gasteiger partial charge in [0, 0.05) is 6.54 Å². The normalized spacial score (nSPS) is 26.3. The van der Waals surface area contributed by atoms with Gasteiger partial charge < -0.3 is 15.1 Å². The summed E-state index contributed by atoms with van der Waals surface area (Å²) in [5, 5.41) is 16.3. The molecule has 3 rings (SSSR count). The first kappa shape index (κ1) is 23.7. The summed E-state index contributed by atoms with van der Waals surface area (Å²) in [6.07, 6.45) is 0.191. The summed E-state index contributed by atoms with van der Waals surface area (Å²) in [7, 11) is 0. The van der Waals surface area contributed by atoms with Crippen molar-refractivity contribution in [1.82, 2.24) is 4.90 Å². The predicted molar refractivity (Wildman–Crippen MR) is 95.4 cm³/mol. The van der Waals surface area contributed by atoms with Crippen molar-refractivity contribution in [3.05, 3.63) is 0 Å². The highest BCUT2D eigenvalue weighted by Crippen LogP contribution is 2.73. The highest BCUT2D eigenvalue weighted by Gasteiger charge is 2.71. The maximum absolute atomic E-state index is 11.2. The summed E-state index contributed by atoms with van der Waals surface area (Å²) >= 11 is 0. The van der Waals surface area contributed by atoms with Crippen LogP contribution in [0, 0.1) is 22.7 Å². The van der Waals surface area contributed by atoms with E-state index in [-0.39, 0.29) is 5.41 Å². The van der Waals surface area contributed by atoms with Gasteiger partial charge in [-0.25, -0.2) is 4.79 Å². The van der Waals surface area contributed by atoms with Crippen LogP contribution in [0.1, 0.15) is 59.8 Å². The molecular formula is C19H32F3NO4. The molecule has 0 aromatic heterocycles. The van der Waals surface area contributed by atoms with Crippen LogP contribution in [0.4, 0.5) is 13.2 Å². The second-order valence-corrected chi connectivity index (χ2v) is 9.06. The molecule has 2 N–H and O–H groups in total. The standard InChI is InChI=1S/C17H31NO2.C2HF3O2/c1-13(2)5-7-18(8-6-14(3)4)12-16-9-17(10-16,11-16)15(19)20;3-2(4,5)1(6)7/h13-14H,5-12H2,1-4H3,(H,19,20);(H,6,7). The number of aliphatic carboxylic acids is 2. The largest absolute Gasteiger partial charge is 0.490 e. The molecule has 0 amide bonds. The van der Waals surface area contributed by atoms with Gasteiger partial charge >= 0.3 is 18.1 Å². The number of halogens is 3. The second-order valence-electron chi connectivity index (χ2n) is 9.06. The van der Waals surface area contributed by atoms with Crippen LogP contribution in [0.2, 0.25) is 0 Å². The molecule has 3 saturated carbocycles. The van der Waals surface area contributed by atoms with Crippen molar-refractivity contribution in [2.45, 2.75) is 66.0 Å². The van der Waals surface area contributed by atoms with Crippen molar-refractivity contribution in [2.75, 3.05) is 19.6 Å². The van der Waals surface area contributed by atoms with Crippen molar-refractivity contribution >= 4 is 11.9 Å². The van der Waals surface area contributed by atoms with Crippen LogP contribution in [0.15, 0.2) is 0 Å². The molecule has 0 atom stereocenters. The zero-order valence-corrected chi connectivity index (χ0v) is 16.6. The van der Waals surface area contributed by atoms with Gasteiger partial charge in [-0.3, -0.25) is 4.79 Å². The molecule has 5 nitrogen and oxygen atoms in total. The average Bonchev–Trinajstić information content (AvgIpc) is 2.41. The summed E-state index contributed by atoms with van der Waals surface area (Å²) in [5.41, 5.74) is 0.0358. The Bertz CT molecular complexity index is 500. The van der Waals surface area contributed by atoms with Crippen LogP contribution in [-0.2, 0) is 9.59 Å². The lowest BCUT2D eigenvalue weighted by atomic mass is 9.35. The molecule has 0 radical (unpaired) electrons. The first-order valence-corrected chi connectivity index (χ1v) is 9.47. The van der Waals surface area contributed by atoms with Gasteiger partial charge in [0.05, 0.1) is 5.41 Å². The van der Waals surface area contributed by atoms with E-state index in [4.69, 9.17) is 9.90 Å². The fourth-order valence-electron chi connectivity index (χ4n) is 4.02. The third-order valence-corrected chi connectivity index (χ3v) is 5.44. The molecule has 0 aromatic carbocycles. The molecule has 0 aliphatic heterocycles. The van der Waals surface area contributed by atoms with Crippen LogP contribution in [0.3, 0.4) is 0 Å². The Hall–Kier alpha value is -1.31. The molecule has 3 aliphatic carbocycles. The summed E-state index contributed by atoms with van der Waals surface area (Å²) in [5.74, 6) is -1.83. The minimum atomic E-state index is -5.08. The first-order valence-electron chi connectivity index (χ1n) is 9.47. The van der Waals surface area contributed by atoms with Crippen LogP contribution in [-0.4, -0.2) is 52.9 Å². The third-order valence-electron chi connectivity index (χ3n) is 5.44. The van der Waals surface area contributed by atoms with Gasteiger partial charge in [0.2, 0.25) is 0 Å². The van der Waals surface area contributed by atoms with E-state index in [1.807, 2.05) is 0 Å². The maximum Gasteiger partial charge on any atom is 0.490 e. The molecule has 27 heavy (non-hydrogen) atoms. The highest BCUT2D eigenvalue weighted by molar-refractivity contribution is 5.79. The van der Waals surface area contributed by atoms with Crippen molar-refractivity contribution < 1.29 is 33.0 Å². The van der Waals surface area contributed by atoms with Crippen molar-refractivity contribution in [3.8, 4) is 0 Å². The molecule has 3 aliphatic rings. The average molecular weight is 395 g/mol. The van der Waals surface area contributed by atoms with Gasteiger partial charge in [-0.15, -0.1) is 0 Å². The Morgan fingerprint density at radius 3 is 1.59 bits per heavy atom. The van der Waals surface area contributed by atoms with Gasteiger partial charge in [-0.2, -0.15) is 13.2 Å². The summed E-state index contributed by atoms with van der Waals surface area (Å²) < 4.78 is 31.7. The Kier molecular flexibility index (Phi) is 7.73. The molecule has 0 spiro atoms. The van der Waals surface area contributed by atoms with E-state index in [0.29, 0.717) is 5.41 Å². The summed E-state index contributed by atoms with van der Waals surface area (Å²) in [6.45, 7) is 12.6. The number of carboxylic acids is 2. The minimum Gasteiger partial charge on any atom is -0.481 e. The Morgan fingerprint density at radius 2 is 1.33 bits per heavy atom. The number of carboxylic acid groups (broad SMARTS) is 2. The summed E-state index contributed by atoms with van der Waals surface area (Å²) in [6, 6.07) is 0. The van der Waals surface area contributed by atoms with Gasteiger partial charge in [0.1, 0.15) is 0 Å². The summed E-state index contributed by atoms with van der Waals surface area (Å²) in [4.78, 5) is 22.7. The van der Waals surface area contributed by atoms with Crippen LogP contribution in [0.25, 0.3) is 0 Å². The minimum absolute atomic E-state index is 0.318. The molecule has 0 heterocycles. The zero-order chi connectivity index (χ0) is 21.0. The lowest BCUT2D eigenvalue weighted by Gasteiger charge is -2.69. The van der Waals surface area contributed by atoms with Gasteiger partial charge in [0.15, 0.2) is 0 Å². The van der Waals surface area contributed by atoms with Crippen molar-refractivity contribution in [1.29, 1.82) is 0 Å². The highest BCUT2D eigenvalue weighted by atomic mass is 19.4. The third kappa shape index (κ3) is 6.66. The number of hydrogen-bond donors (Lipinski definition) is 2. The van der Waals surface area contributed by atoms with Crippen LogP contribution in [0.5, 0.6) is 0 Å². The van der Waals surface area contributed by atoms with Crippen molar-refractivity contribution in [3.63, 3.8) is 0 Å². The molecule has 0 saturated heterocycles. The lowest BCUT2D eigenvalue weighted by Crippen LogP contribution is -2.68. The van der Waals surface area contributed by atoms with E-state index in [2.05, 4.69) is 32.6 Å². The monoisotopic (exact) mass is 395 g/mol. The number of hydrogen-bond acceptors (Lipinski definition) is 3. The number of alkyl halides is 3. The van der Waals surface area contributed by atoms with E-state index in [0.717, 1.165) is 37.6 Å². The van der Waals surface area contributed by atoms with Gasteiger partial charge in [-0.05, 0) is 62.4 Å². The molecule has 3 fully saturated rings. The van der Waals surface area contributed by atoms with Gasteiger partial charge in [0.25, 0.3) is 0 Å². The van der Waals surface area contributed by atoms with Crippen molar-refractivity contribution in [2.24, 2.45) is 22.7 Å². The Labute approximate surface area is 158 Å². The molecule has 0 aromatic rings. The molecule has 0 unspecified atom stereocenters. The van der Waals surface area contributed by atoms with Crippen LogP contribution >= 0.6 is 0 Å². The fourth-order valence-corrected chi connectivity index (χ4v) is 4.02. The Balaban J connectivity index is 0.000000445. The fraction of sp³-hybridized carbons (Fsp3) is 0.895. The zero-order valence-electron chi connectivity index (χ0n) is 16.6. The second kappa shape index (κ2) is 8.80. The van der Waals surface area contributed by atoms with E-state index in [1.165, 1.54) is 25.9 Å². The lowest BCUT2D eigenvalue weighted by molar-refractivity contribution is -0.228. The predicted octanol–water partition coefficient (Wildman–Crippen LogP) is 4.27. The Morgan fingerprint density at radius 1 is 0.963 bits per heavy atom.